The minimum atomic E-state index is 0.0722. The number of hydrogen-bond acceptors (Lipinski definition) is 3. The van der Waals surface area contributed by atoms with E-state index < -0.39 is 0 Å². The number of ether oxygens (including phenoxy) is 1. The molecule has 1 aliphatic heterocycles. The molecule has 0 saturated carbocycles. The molecule has 3 heteroatoms. The summed E-state index contributed by atoms with van der Waals surface area (Å²) in [5.41, 5.74) is 8.94. The lowest BCUT2D eigenvalue weighted by atomic mass is 9.71. The summed E-state index contributed by atoms with van der Waals surface area (Å²) in [4.78, 5) is 2.38. The molecule has 0 bridgehead atoms. The van der Waals surface area contributed by atoms with Crippen LogP contribution in [0.3, 0.4) is 0 Å². The molecule has 0 aromatic heterocycles. The van der Waals surface area contributed by atoms with Crippen LogP contribution in [0, 0.1) is 0 Å². The Balaban J connectivity index is 2.44. The van der Waals surface area contributed by atoms with Gasteiger partial charge in [-0.15, -0.1) is 0 Å². The highest BCUT2D eigenvalue weighted by Gasteiger charge is 2.36. The highest BCUT2D eigenvalue weighted by atomic mass is 16.5. The van der Waals surface area contributed by atoms with E-state index in [9.17, 15) is 0 Å². The average molecular weight is 276 g/mol. The molecule has 1 aromatic rings. The number of methoxy groups -OCH3 is 1. The van der Waals surface area contributed by atoms with Gasteiger partial charge in [-0.2, -0.15) is 0 Å². The number of piperidine rings is 1. The first-order chi connectivity index (χ1) is 9.52. The third-order valence-electron chi connectivity index (χ3n) is 4.80. The van der Waals surface area contributed by atoms with Crippen molar-refractivity contribution in [1.82, 2.24) is 4.90 Å². The fourth-order valence-electron chi connectivity index (χ4n) is 3.13. The number of hydrogen-bond donors (Lipinski definition) is 1. The Bertz CT molecular complexity index is 448. The molecule has 2 rings (SSSR count). The normalized spacial score (nSPS) is 19.3. The molecule has 1 heterocycles. The number of nitrogens with zero attached hydrogens (tertiary/aromatic N) is 1. The first-order valence-electron chi connectivity index (χ1n) is 7.59. The van der Waals surface area contributed by atoms with Crippen LogP contribution in [-0.2, 0) is 5.41 Å². The second-order valence-corrected chi connectivity index (χ2v) is 6.40. The van der Waals surface area contributed by atoms with E-state index in [1.165, 1.54) is 11.1 Å². The summed E-state index contributed by atoms with van der Waals surface area (Å²) < 4.78 is 5.62. The Morgan fingerprint density at radius 1 is 1.30 bits per heavy atom. The van der Waals surface area contributed by atoms with E-state index in [-0.39, 0.29) is 5.41 Å². The fourth-order valence-corrected chi connectivity index (χ4v) is 3.13. The largest absolute Gasteiger partial charge is 0.496 e. The van der Waals surface area contributed by atoms with E-state index in [2.05, 4.69) is 44.0 Å². The van der Waals surface area contributed by atoms with Gasteiger partial charge in [-0.1, -0.05) is 26.0 Å². The van der Waals surface area contributed by atoms with Crippen molar-refractivity contribution in [2.45, 2.75) is 38.0 Å². The first kappa shape index (κ1) is 15.3. The van der Waals surface area contributed by atoms with Crippen LogP contribution in [-0.4, -0.2) is 38.7 Å². The second kappa shape index (κ2) is 6.15. The molecule has 112 valence electrons. The molecule has 1 fully saturated rings. The van der Waals surface area contributed by atoms with Crippen LogP contribution in [0.25, 0.3) is 0 Å². The molecule has 0 radical (unpaired) electrons. The molecule has 0 spiro atoms. The molecule has 2 N–H and O–H groups in total. The highest BCUT2D eigenvalue weighted by molar-refractivity contribution is 5.44. The van der Waals surface area contributed by atoms with Crippen LogP contribution < -0.4 is 10.5 Å². The van der Waals surface area contributed by atoms with Gasteiger partial charge in [-0.3, -0.25) is 0 Å². The van der Waals surface area contributed by atoms with Gasteiger partial charge in [-0.05, 0) is 50.5 Å². The van der Waals surface area contributed by atoms with Crippen molar-refractivity contribution in [3.63, 3.8) is 0 Å². The second-order valence-electron chi connectivity index (χ2n) is 6.40. The molecule has 0 amide bonds. The molecule has 0 unspecified atom stereocenters. The van der Waals surface area contributed by atoms with E-state index >= 15 is 0 Å². The summed E-state index contributed by atoms with van der Waals surface area (Å²) in [6.45, 7) is 7.36. The van der Waals surface area contributed by atoms with Gasteiger partial charge in [0.15, 0.2) is 0 Å². The summed E-state index contributed by atoms with van der Waals surface area (Å²) in [5, 5.41) is 0. The summed E-state index contributed by atoms with van der Waals surface area (Å²) in [6.07, 6.45) is 2.22. The number of nitrogens with two attached hydrogens (primary N) is 1. The van der Waals surface area contributed by atoms with Crippen LogP contribution in [0.2, 0.25) is 0 Å². The molecule has 0 aliphatic carbocycles. The predicted molar refractivity (Wildman–Crippen MR) is 84.5 cm³/mol. The number of likely N-dealkylation sites (tertiary alicyclic amines) is 1. The van der Waals surface area contributed by atoms with Crippen molar-refractivity contribution < 1.29 is 4.74 Å². The molecule has 3 nitrogen and oxygen atoms in total. The van der Waals surface area contributed by atoms with Gasteiger partial charge in [-0.25, -0.2) is 0 Å². The Hall–Kier alpha value is -1.06. The minimum absolute atomic E-state index is 0.0722. The summed E-state index contributed by atoms with van der Waals surface area (Å²) in [6, 6.07) is 6.61. The highest BCUT2D eigenvalue weighted by Crippen LogP contribution is 2.40. The molecule has 1 aromatic carbocycles. The first-order valence-corrected chi connectivity index (χ1v) is 7.59. The van der Waals surface area contributed by atoms with E-state index in [1.807, 2.05) is 0 Å². The van der Waals surface area contributed by atoms with Gasteiger partial charge in [0.05, 0.1) is 7.11 Å². The molecular formula is C17H28N2O. The predicted octanol–water partition coefficient (Wildman–Crippen LogP) is 2.74. The van der Waals surface area contributed by atoms with Gasteiger partial charge in [0.25, 0.3) is 0 Å². The molecular weight excluding hydrogens is 248 g/mol. The van der Waals surface area contributed by atoms with Crippen LogP contribution >= 0.6 is 0 Å². The molecule has 20 heavy (non-hydrogen) atoms. The third-order valence-corrected chi connectivity index (χ3v) is 4.80. The Kier molecular flexibility index (Phi) is 4.71. The van der Waals surface area contributed by atoms with E-state index in [4.69, 9.17) is 10.5 Å². The minimum Gasteiger partial charge on any atom is -0.496 e. The number of benzene rings is 1. The van der Waals surface area contributed by atoms with Crippen molar-refractivity contribution in [3.8, 4) is 5.75 Å². The van der Waals surface area contributed by atoms with E-state index in [0.717, 1.165) is 31.7 Å². The zero-order chi connectivity index (χ0) is 14.8. The SMILES string of the molecule is COc1ccc(C(C)C)cc1C1(CN)CCN(C)CC1. The Morgan fingerprint density at radius 3 is 2.45 bits per heavy atom. The fraction of sp³-hybridized carbons (Fsp3) is 0.647. The molecule has 1 saturated heterocycles. The summed E-state index contributed by atoms with van der Waals surface area (Å²) >= 11 is 0. The van der Waals surface area contributed by atoms with E-state index in [1.54, 1.807) is 7.11 Å². The van der Waals surface area contributed by atoms with Gasteiger partial charge in [0.2, 0.25) is 0 Å². The maximum atomic E-state index is 6.19. The Morgan fingerprint density at radius 2 is 1.95 bits per heavy atom. The number of rotatable bonds is 4. The van der Waals surface area contributed by atoms with Crippen molar-refractivity contribution in [2.75, 3.05) is 33.8 Å². The van der Waals surface area contributed by atoms with Gasteiger partial charge < -0.3 is 15.4 Å². The lowest BCUT2D eigenvalue weighted by Gasteiger charge is -2.41. The van der Waals surface area contributed by atoms with Crippen molar-refractivity contribution in [1.29, 1.82) is 0 Å². The third kappa shape index (κ3) is 2.84. The van der Waals surface area contributed by atoms with Crippen molar-refractivity contribution in [2.24, 2.45) is 5.73 Å². The van der Waals surface area contributed by atoms with Crippen molar-refractivity contribution in [3.05, 3.63) is 29.3 Å². The van der Waals surface area contributed by atoms with Crippen molar-refractivity contribution >= 4 is 0 Å². The van der Waals surface area contributed by atoms with Gasteiger partial charge >= 0.3 is 0 Å². The summed E-state index contributed by atoms with van der Waals surface area (Å²) in [5.74, 6) is 1.52. The van der Waals surface area contributed by atoms with Crippen LogP contribution in [0.1, 0.15) is 43.7 Å². The van der Waals surface area contributed by atoms with Crippen LogP contribution in [0.15, 0.2) is 18.2 Å². The molecule has 0 atom stereocenters. The summed E-state index contributed by atoms with van der Waals surface area (Å²) in [7, 11) is 3.94. The Labute approximate surface area is 123 Å². The standard InChI is InChI=1S/C17H28N2O/c1-13(2)14-5-6-16(20-4)15(11-14)17(12-18)7-9-19(3)10-8-17/h5-6,11,13H,7-10,12,18H2,1-4H3. The van der Waals surface area contributed by atoms with E-state index in [0.29, 0.717) is 12.5 Å². The van der Waals surface area contributed by atoms with Gasteiger partial charge in [0, 0.05) is 17.5 Å². The smallest absolute Gasteiger partial charge is 0.122 e. The quantitative estimate of drug-likeness (QED) is 0.919. The van der Waals surface area contributed by atoms with Crippen LogP contribution in [0.5, 0.6) is 5.75 Å². The van der Waals surface area contributed by atoms with Crippen LogP contribution in [0.4, 0.5) is 0 Å². The average Bonchev–Trinajstić information content (AvgIpc) is 2.48. The maximum Gasteiger partial charge on any atom is 0.122 e. The zero-order valence-electron chi connectivity index (χ0n) is 13.3. The lowest BCUT2D eigenvalue weighted by Crippen LogP contribution is -2.45. The zero-order valence-corrected chi connectivity index (χ0v) is 13.3. The topological polar surface area (TPSA) is 38.5 Å². The van der Waals surface area contributed by atoms with Gasteiger partial charge in [0.1, 0.15) is 5.75 Å². The maximum absolute atomic E-state index is 6.19. The molecule has 1 aliphatic rings. The lowest BCUT2D eigenvalue weighted by molar-refractivity contribution is 0.188. The monoisotopic (exact) mass is 276 g/mol.